The lowest BCUT2D eigenvalue weighted by atomic mass is 10.1. The van der Waals surface area contributed by atoms with Crippen molar-refractivity contribution in [2.45, 2.75) is 9.79 Å². The highest BCUT2D eigenvalue weighted by atomic mass is 32.2. The van der Waals surface area contributed by atoms with Gasteiger partial charge in [0.05, 0.1) is 0 Å². The second-order valence-corrected chi connectivity index (χ2v) is 9.16. The molecule has 0 amide bonds. The van der Waals surface area contributed by atoms with Crippen molar-refractivity contribution in [1.82, 2.24) is 0 Å². The van der Waals surface area contributed by atoms with Crippen LogP contribution in [0.5, 0.6) is 0 Å². The molecule has 0 aliphatic carbocycles. The van der Waals surface area contributed by atoms with Crippen LogP contribution in [0.2, 0.25) is 0 Å². The summed E-state index contributed by atoms with van der Waals surface area (Å²) >= 11 is 0. The van der Waals surface area contributed by atoms with Crippen LogP contribution in [-0.2, 0) is 20.2 Å². The van der Waals surface area contributed by atoms with Crippen molar-refractivity contribution in [2.24, 2.45) is 0 Å². The molecule has 0 atom stereocenters. The summed E-state index contributed by atoms with van der Waals surface area (Å²) < 4.78 is 62.7. The van der Waals surface area contributed by atoms with Gasteiger partial charge in [-0.05, 0) is 36.4 Å². The molecule has 168 valence electrons. The largest absolute Gasteiger partial charge is 0.399 e. The summed E-state index contributed by atoms with van der Waals surface area (Å²) in [4.78, 5) is -0.823. The highest BCUT2D eigenvalue weighted by Crippen LogP contribution is 2.27. The molecule has 0 saturated carbocycles. The Morgan fingerprint density at radius 2 is 0.781 bits per heavy atom. The SMILES string of the molecule is Nc1ccccc1.Nc1ccccc1.O=S(=O)(O)c1cccc2c(S(=O)(=O)O)cccc12. The van der Waals surface area contributed by atoms with E-state index in [1.807, 2.05) is 60.7 Å². The van der Waals surface area contributed by atoms with Gasteiger partial charge in [-0.3, -0.25) is 9.11 Å². The molecule has 32 heavy (non-hydrogen) atoms. The van der Waals surface area contributed by atoms with E-state index in [9.17, 15) is 16.8 Å². The van der Waals surface area contributed by atoms with E-state index < -0.39 is 30.0 Å². The minimum atomic E-state index is -4.47. The van der Waals surface area contributed by atoms with Gasteiger partial charge in [-0.1, -0.05) is 60.7 Å². The van der Waals surface area contributed by atoms with E-state index in [1.54, 1.807) is 0 Å². The lowest BCUT2D eigenvalue weighted by Gasteiger charge is -2.06. The van der Waals surface area contributed by atoms with Crippen LogP contribution in [-0.4, -0.2) is 25.9 Å². The Kier molecular flexibility index (Phi) is 8.33. The Morgan fingerprint density at radius 3 is 1.00 bits per heavy atom. The molecule has 0 aliphatic rings. The van der Waals surface area contributed by atoms with Crippen molar-refractivity contribution in [3.63, 3.8) is 0 Å². The zero-order valence-corrected chi connectivity index (χ0v) is 18.4. The number of para-hydroxylation sites is 2. The average molecular weight is 475 g/mol. The molecule has 0 radical (unpaired) electrons. The lowest BCUT2D eigenvalue weighted by molar-refractivity contribution is 0.481. The fourth-order valence-electron chi connectivity index (χ4n) is 2.61. The van der Waals surface area contributed by atoms with Gasteiger partial charge in [-0.15, -0.1) is 0 Å². The molecule has 0 aromatic heterocycles. The zero-order chi connectivity index (χ0) is 23.8. The van der Waals surface area contributed by atoms with Crippen LogP contribution in [0.25, 0.3) is 10.8 Å². The van der Waals surface area contributed by atoms with E-state index in [1.165, 1.54) is 24.3 Å². The first kappa shape index (κ1) is 24.8. The fourth-order valence-corrected chi connectivity index (χ4v) is 4.02. The van der Waals surface area contributed by atoms with Crippen LogP contribution < -0.4 is 11.5 Å². The Bertz CT molecular complexity index is 1270. The van der Waals surface area contributed by atoms with Gasteiger partial charge in [0.1, 0.15) is 9.79 Å². The van der Waals surface area contributed by atoms with Gasteiger partial charge < -0.3 is 11.5 Å². The van der Waals surface area contributed by atoms with Crippen LogP contribution in [0.3, 0.4) is 0 Å². The summed E-state index contributed by atoms with van der Waals surface area (Å²) in [7, 11) is -8.94. The minimum Gasteiger partial charge on any atom is -0.399 e. The Hall–Kier alpha value is -3.44. The van der Waals surface area contributed by atoms with Crippen LogP contribution in [0.4, 0.5) is 11.4 Å². The van der Waals surface area contributed by atoms with E-state index >= 15 is 0 Å². The number of hydrogen-bond donors (Lipinski definition) is 4. The number of fused-ring (bicyclic) bond motifs is 1. The molecule has 10 heteroatoms. The normalized spacial score (nSPS) is 10.9. The van der Waals surface area contributed by atoms with Crippen LogP contribution in [0.1, 0.15) is 0 Å². The van der Waals surface area contributed by atoms with Crippen molar-refractivity contribution in [3.8, 4) is 0 Å². The van der Waals surface area contributed by atoms with Crippen molar-refractivity contribution >= 4 is 42.4 Å². The molecule has 8 nitrogen and oxygen atoms in total. The van der Waals surface area contributed by atoms with Crippen LogP contribution in [0.15, 0.2) is 107 Å². The molecular formula is C22H22N2O6S2. The molecule has 0 unspecified atom stereocenters. The van der Waals surface area contributed by atoms with Crippen molar-refractivity contribution in [2.75, 3.05) is 11.5 Å². The van der Waals surface area contributed by atoms with Crippen molar-refractivity contribution in [3.05, 3.63) is 97.1 Å². The van der Waals surface area contributed by atoms with Gasteiger partial charge in [0.25, 0.3) is 20.2 Å². The van der Waals surface area contributed by atoms with E-state index in [-0.39, 0.29) is 10.8 Å². The summed E-state index contributed by atoms with van der Waals surface area (Å²) in [6, 6.07) is 26.5. The third kappa shape index (κ3) is 7.36. The fraction of sp³-hybridized carbons (Fsp3) is 0. The maximum Gasteiger partial charge on any atom is 0.295 e. The van der Waals surface area contributed by atoms with Gasteiger partial charge in [0.15, 0.2) is 0 Å². The summed E-state index contributed by atoms with van der Waals surface area (Å²) in [6.07, 6.45) is 0. The highest BCUT2D eigenvalue weighted by molar-refractivity contribution is 7.86. The summed E-state index contributed by atoms with van der Waals surface area (Å²) in [5.74, 6) is 0. The number of hydrogen-bond acceptors (Lipinski definition) is 6. The number of benzene rings is 4. The van der Waals surface area contributed by atoms with Gasteiger partial charge in [0.2, 0.25) is 0 Å². The van der Waals surface area contributed by atoms with Crippen LogP contribution in [0, 0.1) is 0 Å². The minimum absolute atomic E-state index is 0.0233. The lowest BCUT2D eigenvalue weighted by Crippen LogP contribution is -2.02. The second kappa shape index (κ2) is 10.7. The molecule has 4 aromatic carbocycles. The van der Waals surface area contributed by atoms with E-state index in [2.05, 4.69) is 0 Å². The second-order valence-electron chi connectivity index (χ2n) is 6.38. The molecule has 6 N–H and O–H groups in total. The number of rotatable bonds is 2. The number of anilines is 2. The average Bonchev–Trinajstić information content (AvgIpc) is 2.73. The quantitative estimate of drug-likeness (QED) is 0.251. The Morgan fingerprint density at radius 1 is 0.469 bits per heavy atom. The topological polar surface area (TPSA) is 161 Å². The van der Waals surface area contributed by atoms with Crippen molar-refractivity contribution < 1.29 is 25.9 Å². The molecule has 4 rings (SSSR count). The zero-order valence-electron chi connectivity index (χ0n) is 16.7. The maximum absolute atomic E-state index is 11.2. The molecule has 4 aromatic rings. The summed E-state index contributed by atoms with van der Waals surface area (Å²) in [5.41, 5.74) is 12.4. The summed E-state index contributed by atoms with van der Waals surface area (Å²) in [6.45, 7) is 0. The maximum atomic E-state index is 11.2. The number of nitrogen functional groups attached to an aromatic ring is 2. The first-order valence-electron chi connectivity index (χ1n) is 9.08. The molecule has 0 bridgehead atoms. The van der Waals surface area contributed by atoms with E-state index in [4.69, 9.17) is 20.6 Å². The predicted octanol–water partition coefficient (Wildman–Crippen LogP) is 3.87. The van der Waals surface area contributed by atoms with E-state index in [0.717, 1.165) is 23.5 Å². The Labute approximate surface area is 186 Å². The molecular weight excluding hydrogens is 452 g/mol. The number of nitrogens with two attached hydrogens (primary N) is 2. The van der Waals surface area contributed by atoms with Gasteiger partial charge in [-0.25, -0.2) is 0 Å². The summed E-state index contributed by atoms with van der Waals surface area (Å²) in [5, 5.41) is 0.0465. The third-order valence-electron chi connectivity index (χ3n) is 4.00. The first-order chi connectivity index (χ1) is 15.0. The Balaban J connectivity index is 0.000000211. The molecule has 0 fully saturated rings. The standard InChI is InChI=1S/C10H8O6S2.2C6H7N/c11-17(12,13)9-5-1-3-7-8(9)4-2-6-10(7)18(14,15)16;2*7-6-4-2-1-3-5-6/h1-6H,(H,11,12,13)(H,14,15,16);2*1-5H,7H2. The molecule has 0 aliphatic heterocycles. The van der Waals surface area contributed by atoms with E-state index in [0.29, 0.717) is 0 Å². The van der Waals surface area contributed by atoms with Gasteiger partial charge in [-0.2, -0.15) is 16.8 Å². The molecule has 0 saturated heterocycles. The van der Waals surface area contributed by atoms with Gasteiger partial charge >= 0.3 is 0 Å². The van der Waals surface area contributed by atoms with Crippen LogP contribution >= 0.6 is 0 Å². The highest BCUT2D eigenvalue weighted by Gasteiger charge is 2.18. The van der Waals surface area contributed by atoms with Crippen molar-refractivity contribution in [1.29, 1.82) is 0 Å². The smallest absolute Gasteiger partial charge is 0.295 e. The third-order valence-corrected chi connectivity index (χ3v) is 5.82. The molecule has 0 heterocycles. The first-order valence-corrected chi connectivity index (χ1v) is 12.0. The van der Waals surface area contributed by atoms with Gasteiger partial charge in [0, 0.05) is 22.1 Å². The molecule has 0 spiro atoms. The predicted molar refractivity (Wildman–Crippen MR) is 125 cm³/mol. The monoisotopic (exact) mass is 474 g/mol.